The number of nitrogens with zero attached hydrogens (tertiary/aromatic N) is 1. The maximum absolute atomic E-state index is 13.1. The fourth-order valence-corrected chi connectivity index (χ4v) is 4.55. The summed E-state index contributed by atoms with van der Waals surface area (Å²) in [4.78, 5) is 49.3. The topological polar surface area (TPSA) is 95.7 Å². The molecule has 0 saturated carbocycles. The summed E-state index contributed by atoms with van der Waals surface area (Å²) in [6.45, 7) is 3.74. The molecule has 0 radical (unpaired) electrons. The van der Waals surface area contributed by atoms with Crippen LogP contribution < -0.4 is 0 Å². The van der Waals surface area contributed by atoms with Crippen molar-refractivity contribution in [2.45, 2.75) is 19.0 Å². The molecule has 6 nitrogen and oxygen atoms in total. The summed E-state index contributed by atoms with van der Waals surface area (Å²) in [7, 11) is 0. The van der Waals surface area contributed by atoms with Crippen molar-refractivity contribution in [1.29, 1.82) is 0 Å². The van der Waals surface area contributed by atoms with Crippen LogP contribution >= 0.6 is 11.8 Å². The van der Waals surface area contributed by atoms with Gasteiger partial charge in [-0.3, -0.25) is 14.4 Å². The van der Waals surface area contributed by atoms with E-state index >= 15 is 0 Å². The maximum atomic E-state index is 13.1. The van der Waals surface area contributed by atoms with Crippen LogP contribution in [0.4, 0.5) is 0 Å². The first-order valence-corrected chi connectivity index (χ1v) is 9.85. The fraction of sp³-hybridized carbons (Fsp3) is 0.0909. The number of imidazole rings is 1. The SMILES string of the molecule is Cc1cc(C(=O)Sc2nc3c4c(ccc3[nH]2)C(=O)c2ccccc2C4=O)c(C)[nH]1. The normalized spacial score (nSPS) is 12.9. The van der Waals surface area contributed by atoms with Gasteiger partial charge in [-0.1, -0.05) is 24.3 Å². The molecule has 0 bridgehead atoms. The zero-order valence-corrected chi connectivity index (χ0v) is 16.4. The Bertz CT molecular complexity index is 1360. The number of ketones is 2. The van der Waals surface area contributed by atoms with E-state index in [1.807, 2.05) is 13.8 Å². The minimum atomic E-state index is -0.229. The summed E-state index contributed by atoms with van der Waals surface area (Å²) in [5.74, 6) is -0.420. The smallest absolute Gasteiger partial charge is 0.228 e. The number of rotatable bonds is 2. The molecule has 2 N–H and O–H groups in total. The van der Waals surface area contributed by atoms with E-state index in [4.69, 9.17) is 0 Å². The molecule has 4 aromatic rings. The minimum absolute atomic E-state index is 0.146. The molecule has 0 spiro atoms. The van der Waals surface area contributed by atoms with Crippen molar-refractivity contribution < 1.29 is 14.4 Å². The number of thioether (sulfide) groups is 1. The number of aryl methyl sites for hydroxylation is 2. The van der Waals surface area contributed by atoms with E-state index in [-0.39, 0.29) is 22.2 Å². The van der Waals surface area contributed by atoms with Crippen LogP contribution in [-0.2, 0) is 0 Å². The highest BCUT2D eigenvalue weighted by Gasteiger charge is 2.32. The highest BCUT2D eigenvalue weighted by atomic mass is 32.2. The van der Waals surface area contributed by atoms with Crippen molar-refractivity contribution in [1.82, 2.24) is 15.0 Å². The van der Waals surface area contributed by atoms with Gasteiger partial charge in [-0.15, -0.1) is 0 Å². The van der Waals surface area contributed by atoms with Crippen molar-refractivity contribution in [3.63, 3.8) is 0 Å². The van der Waals surface area contributed by atoms with Crippen LogP contribution in [0.1, 0.15) is 53.6 Å². The average Bonchev–Trinajstić information content (AvgIpc) is 3.27. The van der Waals surface area contributed by atoms with Gasteiger partial charge in [0.05, 0.1) is 11.1 Å². The molecule has 1 aliphatic rings. The Labute approximate surface area is 169 Å². The van der Waals surface area contributed by atoms with Gasteiger partial charge in [-0.2, -0.15) is 0 Å². The Morgan fingerprint density at radius 3 is 2.34 bits per heavy atom. The van der Waals surface area contributed by atoms with E-state index in [1.54, 1.807) is 42.5 Å². The van der Waals surface area contributed by atoms with Gasteiger partial charge in [0.15, 0.2) is 16.7 Å². The van der Waals surface area contributed by atoms with Gasteiger partial charge in [-0.25, -0.2) is 4.98 Å². The highest BCUT2D eigenvalue weighted by molar-refractivity contribution is 8.14. The molecule has 2 aromatic heterocycles. The predicted octanol–water partition coefficient (Wildman–Crippen LogP) is 4.22. The van der Waals surface area contributed by atoms with E-state index in [0.29, 0.717) is 38.4 Å². The van der Waals surface area contributed by atoms with Gasteiger partial charge in [0.25, 0.3) is 0 Å². The Hall–Kier alpha value is -3.45. The van der Waals surface area contributed by atoms with Crippen LogP contribution in [0.25, 0.3) is 11.0 Å². The van der Waals surface area contributed by atoms with Gasteiger partial charge in [0.1, 0.15) is 5.52 Å². The van der Waals surface area contributed by atoms with Gasteiger partial charge >= 0.3 is 0 Å². The molecule has 1 aliphatic carbocycles. The third-order valence-electron chi connectivity index (χ3n) is 5.08. The summed E-state index contributed by atoms with van der Waals surface area (Å²) in [5, 5.41) is 0.239. The summed E-state index contributed by atoms with van der Waals surface area (Å²) in [6, 6.07) is 12.0. The highest BCUT2D eigenvalue weighted by Crippen LogP contribution is 2.33. The number of benzene rings is 2. The summed E-state index contributed by atoms with van der Waals surface area (Å²) in [6.07, 6.45) is 0. The lowest BCUT2D eigenvalue weighted by atomic mass is 9.83. The van der Waals surface area contributed by atoms with Crippen molar-refractivity contribution in [2.24, 2.45) is 0 Å². The number of hydrogen-bond donors (Lipinski definition) is 2. The van der Waals surface area contributed by atoms with Crippen LogP contribution in [0.15, 0.2) is 47.6 Å². The van der Waals surface area contributed by atoms with Crippen LogP contribution in [-0.4, -0.2) is 31.6 Å². The molecular formula is C22H15N3O3S. The number of aromatic amines is 2. The van der Waals surface area contributed by atoms with E-state index in [0.717, 1.165) is 23.1 Å². The fourth-order valence-electron chi connectivity index (χ4n) is 3.76. The molecular weight excluding hydrogens is 386 g/mol. The Balaban J connectivity index is 1.59. The standard InChI is InChI=1S/C22H15N3O3S/c1-10-9-15(11(2)23-10)21(28)29-22-24-16-8-7-14-17(18(16)25-22)20(27)13-6-4-3-5-12(13)19(14)26/h3-9,23H,1-2H3,(H,24,25). The van der Waals surface area contributed by atoms with Gasteiger partial charge in [-0.05, 0) is 43.8 Å². The molecule has 29 heavy (non-hydrogen) atoms. The van der Waals surface area contributed by atoms with Crippen LogP contribution in [0, 0.1) is 13.8 Å². The van der Waals surface area contributed by atoms with Crippen LogP contribution in [0.3, 0.4) is 0 Å². The molecule has 0 saturated heterocycles. The largest absolute Gasteiger partial charge is 0.362 e. The van der Waals surface area contributed by atoms with Crippen LogP contribution in [0.2, 0.25) is 0 Å². The monoisotopic (exact) mass is 401 g/mol. The van der Waals surface area contributed by atoms with E-state index in [9.17, 15) is 14.4 Å². The van der Waals surface area contributed by atoms with Crippen LogP contribution in [0.5, 0.6) is 0 Å². The Kier molecular flexibility index (Phi) is 3.82. The zero-order valence-electron chi connectivity index (χ0n) is 15.6. The van der Waals surface area contributed by atoms with E-state index in [1.165, 1.54) is 0 Å². The predicted molar refractivity (Wildman–Crippen MR) is 110 cm³/mol. The average molecular weight is 401 g/mol. The molecule has 5 rings (SSSR count). The molecule has 0 amide bonds. The van der Waals surface area contributed by atoms with Crippen molar-refractivity contribution in [2.75, 3.05) is 0 Å². The number of H-pyrrole nitrogens is 2. The molecule has 2 heterocycles. The molecule has 7 heteroatoms. The molecule has 0 atom stereocenters. The lowest BCUT2D eigenvalue weighted by molar-refractivity contribution is 0.0980. The second-order valence-electron chi connectivity index (χ2n) is 7.01. The number of aromatic nitrogens is 3. The second-order valence-corrected chi connectivity index (χ2v) is 7.97. The molecule has 142 valence electrons. The maximum Gasteiger partial charge on any atom is 0.228 e. The van der Waals surface area contributed by atoms with Crippen molar-refractivity contribution in [3.05, 3.63) is 81.7 Å². The number of carbonyl (C=O) groups excluding carboxylic acids is 3. The number of hydrogen-bond acceptors (Lipinski definition) is 5. The van der Waals surface area contributed by atoms with Crippen molar-refractivity contribution >= 4 is 39.5 Å². The number of nitrogens with one attached hydrogen (secondary N) is 2. The molecule has 0 fully saturated rings. The van der Waals surface area contributed by atoms with Gasteiger partial charge < -0.3 is 9.97 Å². The second kappa shape index (κ2) is 6.28. The zero-order chi connectivity index (χ0) is 20.3. The lowest BCUT2D eigenvalue weighted by Crippen LogP contribution is -2.21. The number of fused-ring (bicyclic) bond motifs is 4. The third-order valence-corrected chi connectivity index (χ3v) is 5.87. The van der Waals surface area contributed by atoms with E-state index in [2.05, 4.69) is 15.0 Å². The van der Waals surface area contributed by atoms with Crippen molar-refractivity contribution in [3.8, 4) is 0 Å². The third kappa shape index (κ3) is 2.66. The summed E-state index contributed by atoms with van der Waals surface area (Å²) < 4.78 is 0. The molecule has 2 aromatic carbocycles. The first-order chi connectivity index (χ1) is 13.9. The van der Waals surface area contributed by atoms with Gasteiger partial charge in [0.2, 0.25) is 5.12 Å². The Morgan fingerprint density at radius 1 is 0.931 bits per heavy atom. The molecule has 0 unspecified atom stereocenters. The minimum Gasteiger partial charge on any atom is -0.362 e. The first kappa shape index (κ1) is 17.6. The quantitative estimate of drug-likeness (QED) is 0.432. The first-order valence-electron chi connectivity index (χ1n) is 9.03. The Morgan fingerprint density at radius 2 is 1.66 bits per heavy atom. The van der Waals surface area contributed by atoms with Gasteiger partial charge in [0, 0.05) is 33.6 Å². The lowest BCUT2D eigenvalue weighted by Gasteiger charge is -2.17. The van der Waals surface area contributed by atoms with E-state index < -0.39 is 0 Å². The molecule has 0 aliphatic heterocycles. The number of carbonyl (C=O) groups is 3. The summed E-state index contributed by atoms with van der Waals surface area (Å²) >= 11 is 0.966. The summed E-state index contributed by atoms with van der Waals surface area (Å²) in [5.41, 5.74) is 4.73.